The fraction of sp³-hybridized carbons (Fsp3) is 0.375. The Hall–Kier alpha value is -1.57. The lowest BCUT2D eigenvalue weighted by Gasteiger charge is -2.10. The Morgan fingerprint density at radius 3 is 2.88 bits per heavy atom. The Balaban J connectivity index is 2.15. The van der Waals surface area contributed by atoms with E-state index in [0.29, 0.717) is 11.6 Å². The molecule has 0 aliphatic carbocycles. The second kappa shape index (κ2) is 4.52. The van der Waals surface area contributed by atoms with Crippen LogP contribution >= 0.6 is 15.9 Å². The number of aryl methyl sites for hydroxylation is 1. The number of anilines is 1. The van der Waals surface area contributed by atoms with Crippen molar-refractivity contribution in [1.29, 1.82) is 0 Å². The molecule has 84 valence electrons. The minimum absolute atomic E-state index is 0.0695. The third-order valence-electron chi connectivity index (χ3n) is 1.92. The van der Waals surface area contributed by atoms with Crippen molar-refractivity contribution in [3.63, 3.8) is 0 Å². The highest BCUT2D eigenvalue weighted by atomic mass is 79.9. The van der Waals surface area contributed by atoms with Crippen molar-refractivity contribution in [2.75, 3.05) is 5.32 Å². The van der Waals surface area contributed by atoms with E-state index >= 15 is 0 Å². The highest BCUT2D eigenvalue weighted by Gasteiger charge is 2.11. The van der Waals surface area contributed by atoms with E-state index in [-0.39, 0.29) is 6.04 Å². The van der Waals surface area contributed by atoms with Gasteiger partial charge in [0.15, 0.2) is 5.82 Å². The van der Waals surface area contributed by atoms with Gasteiger partial charge in [-0.25, -0.2) is 9.97 Å². The second-order valence-electron chi connectivity index (χ2n) is 3.26. The van der Waals surface area contributed by atoms with Crippen LogP contribution in [0.5, 0.6) is 0 Å². The molecule has 0 aliphatic heterocycles. The Labute approximate surface area is 100 Å². The third-order valence-corrected chi connectivity index (χ3v) is 2.33. The number of tetrazole rings is 1. The largest absolute Gasteiger partial charge is 0.360 e. The molecule has 0 amide bonds. The number of nitrogens with zero attached hydrogens (tertiary/aromatic N) is 5. The molecule has 8 heteroatoms. The van der Waals surface area contributed by atoms with Crippen LogP contribution in [0.1, 0.15) is 24.6 Å². The summed E-state index contributed by atoms with van der Waals surface area (Å²) < 4.78 is 0.739. The third kappa shape index (κ3) is 2.51. The monoisotopic (exact) mass is 283 g/mol. The molecule has 0 spiro atoms. The fourth-order valence-corrected chi connectivity index (χ4v) is 1.72. The number of nitrogens with one attached hydrogen (secondary N) is 2. The first-order chi connectivity index (χ1) is 7.65. The van der Waals surface area contributed by atoms with E-state index in [2.05, 4.69) is 51.8 Å². The molecule has 2 N–H and O–H groups in total. The maximum atomic E-state index is 4.25. The van der Waals surface area contributed by atoms with Gasteiger partial charge in [-0.3, -0.25) is 0 Å². The zero-order chi connectivity index (χ0) is 11.5. The Bertz CT molecular complexity index is 449. The van der Waals surface area contributed by atoms with Crippen LogP contribution in [0.3, 0.4) is 0 Å². The normalized spacial score (nSPS) is 12.4. The van der Waals surface area contributed by atoms with Gasteiger partial charge in [-0.05, 0) is 29.8 Å². The van der Waals surface area contributed by atoms with Crippen LogP contribution in [0.25, 0.3) is 0 Å². The van der Waals surface area contributed by atoms with E-state index in [4.69, 9.17) is 0 Å². The molecule has 16 heavy (non-hydrogen) atoms. The Kier molecular flexibility index (Phi) is 3.09. The van der Waals surface area contributed by atoms with Crippen LogP contribution in [0.15, 0.2) is 10.7 Å². The van der Waals surface area contributed by atoms with Crippen LogP contribution < -0.4 is 5.32 Å². The van der Waals surface area contributed by atoms with Crippen LogP contribution in [-0.2, 0) is 0 Å². The molecule has 2 aromatic rings. The summed E-state index contributed by atoms with van der Waals surface area (Å²) in [6, 6.07) is 1.73. The molecule has 0 aliphatic rings. The van der Waals surface area contributed by atoms with E-state index in [9.17, 15) is 0 Å². The molecule has 0 saturated heterocycles. The standard InChI is InChI=1S/C8H10BrN7/c1-4(8-13-15-16-14-8)10-7-3-6(9)11-5(2)12-7/h3-4H,1-2H3,(H,10,11,12)(H,13,14,15,16). The summed E-state index contributed by atoms with van der Waals surface area (Å²) in [6.45, 7) is 3.76. The van der Waals surface area contributed by atoms with Crippen molar-refractivity contribution in [3.05, 3.63) is 22.3 Å². The highest BCUT2D eigenvalue weighted by Crippen LogP contribution is 2.16. The molecular weight excluding hydrogens is 274 g/mol. The van der Waals surface area contributed by atoms with E-state index in [1.165, 1.54) is 0 Å². The molecule has 0 aromatic carbocycles. The summed E-state index contributed by atoms with van der Waals surface area (Å²) in [4.78, 5) is 8.37. The van der Waals surface area contributed by atoms with Gasteiger partial charge in [-0.15, -0.1) is 10.2 Å². The summed E-state index contributed by atoms with van der Waals surface area (Å²) in [5, 5.41) is 16.9. The molecule has 2 aromatic heterocycles. The molecule has 2 rings (SSSR count). The van der Waals surface area contributed by atoms with Crippen molar-refractivity contribution in [3.8, 4) is 0 Å². The Morgan fingerprint density at radius 2 is 2.25 bits per heavy atom. The average Bonchev–Trinajstić information content (AvgIpc) is 2.68. The molecule has 0 fully saturated rings. The van der Waals surface area contributed by atoms with E-state index in [1.807, 2.05) is 13.8 Å². The zero-order valence-corrected chi connectivity index (χ0v) is 10.4. The quantitative estimate of drug-likeness (QED) is 0.824. The smallest absolute Gasteiger partial charge is 0.196 e. The average molecular weight is 284 g/mol. The summed E-state index contributed by atoms with van der Waals surface area (Å²) >= 11 is 3.31. The first-order valence-corrected chi connectivity index (χ1v) is 5.45. The van der Waals surface area contributed by atoms with Crippen molar-refractivity contribution >= 4 is 21.7 Å². The molecule has 0 saturated carbocycles. The predicted octanol–water partition coefficient (Wildman–Crippen LogP) is 1.23. The first kappa shape index (κ1) is 10.9. The van der Waals surface area contributed by atoms with Gasteiger partial charge in [0.05, 0.1) is 6.04 Å². The lowest BCUT2D eigenvalue weighted by Crippen LogP contribution is -2.10. The van der Waals surface area contributed by atoms with Crippen molar-refractivity contribution in [2.24, 2.45) is 0 Å². The van der Waals surface area contributed by atoms with Gasteiger partial charge in [0.1, 0.15) is 16.2 Å². The Morgan fingerprint density at radius 1 is 1.44 bits per heavy atom. The number of hydrogen-bond acceptors (Lipinski definition) is 6. The molecular formula is C8H10BrN7. The maximum Gasteiger partial charge on any atom is 0.196 e. The zero-order valence-electron chi connectivity index (χ0n) is 8.77. The second-order valence-corrected chi connectivity index (χ2v) is 4.07. The number of rotatable bonds is 3. The van der Waals surface area contributed by atoms with E-state index in [1.54, 1.807) is 6.07 Å². The number of H-pyrrole nitrogens is 1. The number of aromatic nitrogens is 6. The van der Waals surface area contributed by atoms with Crippen LogP contribution in [0, 0.1) is 6.92 Å². The number of halogens is 1. The first-order valence-electron chi connectivity index (χ1n) is 4.66. The van der Waals surface area contributed by atoms with Crippen LogP contribution in [0.4, 0.5) is 5.82 Å². The van der Waals surface area contributed by atoms with Gasteiger partial charge in [0.25, 0.3) is 0 Å². The highest BCUT2D eigenvalue weighted by molar-refractivity contribution is 9.10. The minimum Gasteiger partial charge on any atom is -0.360 e. The summed E-state index contributed by atoms with van der Waals surface area (Å²) in [5.41, 5.74) is 0. The predicted molar refractivity (Wildman–Crippen MR) is 60.7 cm³/mol. The summed E-state index contributed by atoms with van der Waals surface area (Å²) in [7, 11) is 0. The molecule has 7 nitrogen and oxygen atoms in total. The van der Waals surface area contributed by atoms with Gasteiger partial charge in [0.2, 0.25) is 0 Å². The topological polar surface area (TPSA) is 92.3 Å². The summed E-state index contributed by atoms with van der Waals surface area (Å²) in [5.74, 6) is 2.00. The molecule has 1 unspecified atom stereocenters. The van der Waals surface area contributed by atoms with E-state index < -0.39 is 0 Å². The van der Waals surface area contributed by atoms with Crippen molar-refractivity contribution in [1.82, 2.24) is 30.6 Å². The molecule has 0 bridgehead atoms. The lowest BCUT2D eigenvalue weighted by molar-refractivity contribution is 0.784. The van der Waals surface area contributed by atoms with Gasteiger partial charge < -0.3 is 5.32 Å². The van der Waals surface area contributed by atoms with Crippen LogP contribution in [0.2, 0.25) is 0 Å². The van der Waals surface area contributed by atoms with Gasteiger partial charge >= 0.3 is 0 Å². The number of hydrogen-bond donors (Lipinski definition) is 2. The van der Waals surface area contributed by atoms with Crippen LogP contribution in [-0.4, -0.2) is 30.6 Å². The van der Waals surface area contributed by atoms with Gasteiger partial charge in [-0.2, -0.15) is 5.21 Å². The van der Waals surface area contributed by atoms with Gasteiger partial charge in [-0.1, -0.05) is 5.21 Å². The molecule has 1 atom stereocenters. The molecule has 2 heterocycles. The number of aromatic amines is 1. The maximum absolute atomic E-state index is 4.25. The van der Waals surface area contributed by atoms with Gasteiger partial charge in [0, 0.05) is 6.07 Å². The molecule has 0 radical (unpaired) electrons. The van der Waals surface area contributed by atoms with Crippen molar-refractivity contribution in [2.45, 2.75) is 19.9 Å². The summed E-state index contributed by atoms with van der Waals surface area (Å²) in [6.07, 6.45) is 0. The van der Waals surface area contributed by atoms with E-state index in [0.717, 1.165) is 10.4 Å². The van der Waals surface area contributed by atoms with Crippen molar-refractivity contribution < 1.29 is 0 Å². The fourth-order valence-electron chi connectivity index (χ4n) is 1.24. The lowest BCUT2D eigenvalue weighted by atomic mass is 10.3. The SMILES string of the molecule is Cc1nc(Br)cc(NC(C)c2nn[nH]n2)n1. The minimum atomic E-state index is -0.0695.